The van der Waals surface area contributed by atoms with E-state index < -0.39 is 0 Å². The minimum atomic E-state index is -0.141. The fourth-order valence-electron chi connectivity index (χ4n) is 2.26. The van der Waals surface area contributed by atoms with E-state index >= 15 is 0 Å². The van der Waals surface area contributed by atoms with Crippen LogP contribution < -0.4 is 10.6 Å². The molecule has 3 rings (SSSR count). The van der Waals surface area contributed by atoms with Gasteiger partial charge in [0.05, 0.1) is 6.54 Å². The highest BCUT2D eigenvalue weighted by Crippen LogP contribution is 2.08. The van der Waals surface area contributed by atoms with Crippen molar-refractivity contribution in [3.8, 4) is 0 Å². The van der Waals surface area contributed by atoms with E-state index in [-0.39, 0.29) is 6.03 Å². The van der Waals surface area contributed by atoms with E-state index in [0.29, 0.717) is 19.6 Å². The van der Waals surface area contributed by atoms with Gasteiger partial charge in [-0.15, -0.1) is 11.3 Å². The van der Waals surface area contributed by atoms with Crippen molar-refractivity contribution >= 4 is 17.4 Å². The van der Waals surface area contributed by atoms with Gasteiger partial charge >= 0.3 is 6.03 Å². The Hall–Kier alpha value is -2.67. The molecule has 0 saturated carbocycles. The van der Waals surface area contributed by atoms with Gasteiger partial charge in [0.15, 0.2) is 0 Å². The van der Waals surface area contributed by atoms with Crippen molar-refractivity contribution in [3.05, 3.63) is 70.4 Å². The average molecular weight is 341 g/mol. The molecule has 0 aliphatic rings. The number of hydrogen-bond donors (Lipinski definition) is 2. The smallest absolute Gasteiger partial charge is 0.315 e. The number of benzene rings is 1. The Kier molecular flexibility index (Phi) is 5.57. The average Bonchev–Trinajstić information content (AvgIpc) is 3.28. The van der Waals surface area contributed by atoms with Crippen LogP contribution in [-0.4, -0.2) is 27.3 Å². The first kappa shape index (κ1) is 16.2. The predicted octanol–water partition coefficient (Wildman–Crippen LogP) is 2.43. The third-order valence-electron chi connectivity index (χ3n) is 3.52. The number of carbonyl (C=O) groups excluding carboxylic acids is 1. The number of amides is 2. The summed E-state index contributed by atoms with van der Waals surface area (Å²) in [6.45, 7) is 1.84. The van der Waals surface area contributed by atoms with Crippen LogP contribution in [0.5, 0.6) is 0 Å². The number of aromatic nitrogens is 3. The first-order valence-corrected chi connectivity index (χ1v) is 8.62. The first-order valence-electron chi connectivity index (χ1n) is 7.74. The van der Waals surface area contributed by atoms with Crippen LogP contribution in [0.4, 0.5) is 4.79 Å². The summed E-state index contributed by atoms with van der Waals surface area (Å²) in [5.74, 6) is 0. The van der Waals surface area contributed by atoms with Crippen LogP contribution in [0.15, 0.2) is 54.4 Å². The molecule has 2 amide bonds. The van der Waals surface area contributed by atoms with Gasteiger partial charge in [0.2, 0.25) is 0 Å². The van der Waals surface area contributed by atoms with E-state index in [9.17, 15) is 4.79 Å². The topological polar surface area (TPSA) is 71.8 Å². The van der Waals surface area contributed by atoms with Crippen LogP contribution in [-0.2, 0) is 19.5 Å². The number of rotatable bonds is 7. The normalized spacial score (nSPS) is 10.5. The SMILES string of the molecule is O=C(NCCc1cccs1)NCc1ccc(Cn2cncn2)cc1. The standard InChI is InChI=1S/C17H19N5OS/c23-17(19-8-7-16-2-1-9-24-16)20-10-14-3-5-15(6-4-14)11-22-13-18-12-21-22/h1-6,9,12-13H,7-8,10-11H2,(H2,19,20,23). The molecule has 0 aliphatic carbocycles. The number of carbonyl (C=O) groups is 1. The quantitative estimate of drug-likeness (QED) is 0.693. The zero-order valence-corrected chi connectivity index (χ0v) is 14.0. The molecule has 6 nitrogen and oxygen atoms in total. The van der Waals surface area contributed by atoms with Crippen LogP contribution in [0.25, 0.3) is 0 Å². The molecule has 2 heterocycles. The van der Waals surface area contributed by atoms with Gasteiger partial charge in [0.25, 0.3) is 0 Å². The lowest BCUT2D eigenvalue weighted by Gasteiger charge is -2.08. The third-order valence-corrected chi connectivity index (χ3v) is 4.46. The van der Waals surface area contributed by atoms with Crippen molar-refractivity contribution in [2.24, 2.45) is 0 Å². The second-order valence-corrected chi connectivity index (χ2v) is 6.38. The number of nitrogens with one attached hydrogen (secondary N) is 2. The Morgan fingerprint density at radius 3 is 2.67 bits per heavy atom. The van der Waals surface area contributed by atoms with E-state index in [1.807, 2.05) is 35.7 Å². The molecule has 0 atom stereocenters. The van der Waals surface area contributed by atoms with E-state index in [1.165, 1.54) is 11.2 Å². The molecule has 3 aromatic rings. The molecule has 0 saturated heterocycles. The second-order valence-electron chi connectivity index (χ2n) is 5.35. The molecule has 0 unspecified atom stereocenters. The summed E-state index contributed by atoms with van der Waals surface area (Å²) >= 11 is 1.71. The summed E-state index contributed by atoms with van der Waals surface area (Å²) in [5, 5.41) is 11.9. The molecule has 2 N–H and O–H groups in total. The third kappa shape index (κ3) is 4.92. The molecular weight excluding hydrogens is 322 g/mol. The fourth-order valence-corrected chi connectivity index (χ4v) is 2.97. The molecule has 0 radical (unpaired) electrons. The highest BCUT2D eigenvalue weighted by atomic mass is 32.1. The number of thiophene rings is 1. The van der Waals surface area contributed by atoms with Gasteiger partial charge in [0, 0.05) is 18.0 Å². The molecular formula is C17H19N5OS. The summed E-state index contributed by atoms with van der Waals surface area (Å²) in [7, 11) is 0. The molecule has 0 aliphatic heterocycles. The van der Waals surface area contributed by atoms with Gasteiger partial charge in [-0.25, -0.2) is 14.5 Å². The molecule has 24 heavy (non-hydrogen) atoms. The van der Waals surface area contributed by atoms with Crippen molar-refractivity contribution in [1.82, 2.24) is 25.4 Å². The van der Waals surface area contributed by atoms with Gasteiger partial charge in [0.1, 0.15) is 12.7 Å². The Labute approximate surface area is 144 Å². The van der Waals surface area contributed by atoms with Gasteiger partial charge in [-0.1, -0.05) is 30.3 Å². The van der Waals surface area contributed by atoms with Gasteiger partial charge < -0.3 is 10.6 Å². The van der Waals surface area contributed by atoms with Crippen molar-refractivity contribution in [3.63, 3.8) is 0 Å². The lowest BCUT2D eigenvalue weighted by Crippen LogP contribution is -2.36. The van der Waals surface area contributed by atoms with Crippen molar-refractivity contribution in [1.29, 1.82) is 0 Å². The Morgan fingerprint density at radius 1 is 1.12 bits per heavy atom. The number of urea groups is 1. The van der Waals surface area contributed by atoms with Crippen molar-refractivity contribution in [2.75, 3.05) is 6.54 Å². The van der Waals surface area contributed by atoms with Crippen LogP contribution in [0.3, 0.4) is 0 Å². The lowest BCUT2D eigenvalue weighted by molar-refractivity contribution is 0.240. The first-order chi connectivity index (χ1) is 11.8. The zero-order valence-electron chi connectivity index (χ0n) is 13.2. The number of hydrogen-bond acceptors (Lipinski definition) is 4. The summed E-state index contributed by atoms with van der Waals surface area (Å²) in [6, 6.07) is 12.0. The van der Waals surface area contributed by atoms with Crippen molar-refractivity contribution < 1.29 is 4.79 Å². The Balaban J connectivity index is 1.38. The summed E-state index contributed by atoms with van der Waals surface area (Å²) in [5.41, 5.74) is 2.20. The molecule has 1 aromatic carbocycles. The lowest BCUT2D eigenvalue weighted by atomic mass is 10.1. The van der Waals surface area contributed by atoms with E-state index in [1.54, 1.807) is 22.3 Å². The summed E-state index contributed by atoms with van der Waals surface area (Å²) in [4.78, 5) is 17.0. The van der Waals surface area contributed by atoms with Crippen LogP contribution in [0.1, 0.15) is 16.0 Å². The number of nitrogens with zero attached hydrogens (tertiary/aromatic N) is 3. The monoisotopic (exact) mass is 341 g/mol. The second kappa shape index (κ2) is 8.26. The van der Waals surface area contributed by atoms with Crippen molar-refractivity contribution in [2.45, 2.75) is 19.5 Å². The maximum atomic E-state index is 11.8. The largest absolute Gasteiger partial charge is 0.338 e. The van der Waals surface area contributed by atoms with Crippen LogP contribution >= 0.6 is 11.3 Å². The summed E-state index contributed by atoms with van der Waals surface area (Å²) in [6.07, 6.45) is 4.08. The predicted molar refractivity (Wildman–Crippen MR) is 93.8 cm³/mol. The highest BCUT2D eigenvalue weighted by Gasteiger charge is 2.02. The molecule has 124 valence electrons. The molecule has 7 heteroatoms. The minimum absolute atomic E-state index is 0.141. The van der Waals surface area contributed by atoms with E-state index in [2.05, 4.69) is 26.8 Å². The van der Waals surface area contributed by atoms with Crippen LogP contribution in [0, 0.1) is 0 Å². The van der Waals surface area contributed by atoms with Gasteiger partial charge in [-0.2, -0.15) is 5.10 Å². The molecule has 2 aromatic heterocycles. The fraction of sp³-hybridized carbons (Fsp3) is 0.235. The molecule has 0 spiro atoms. The van der Waals surface area contributed by atoms with E-state index in [0.717, 1.165) is 17.5 Å². The minimum Gasteiger partial charge on any atom is -0.338 e. The van der Waals surface area contributed by atoms with Gasteiger partial charge in [-0.05, 0) is 29.0 Å². The highest BCUT2D eigenvalue weighted by molar-refractivity contribution is 7.09. The Bertz CT molecular complexity index is 738. The summed E-state index contributed by atoms with van der Waals surface area (Å²) < 4.78 is 1.77. The molecule has 0 fully saturated rings. The maximum Gasteiger partial charge on any atom is 0.315 e. The zero-order chi connectivity index (χ0) is 16.6. The van der Waals surface area contributed by atoms with E-state index in [4.69, 9.17) is 0 Å². The van der Waals surface area contributed by atoms with Crippen LogP contribution in [0.2, 0.25) is 0 Å². The molecule has 0 bridgehead atoms. The Morgan fingerprint density at radius 2 is 1.96 bits per heavy atom. The van der Waals surface area contributed by atoms with Gasteiger partial charge in [-0.3, -0.25) is 0 Å². The maximum absolute atomic E-state index is 11.8.